The van der Waals surface area contributed by atoms with Crippen molar-refractivity contribution in [1.82, 2.24) is 0 Å². The van der Waals surface area contributed by atoms with Crippen molar-refractivity contribution in [3.8, 4) is 0 Å². The summed E-state index contributed by atoms with van der Waals surface area (Å²) in [6, 6.07) is 0. The maximum absolute atomic E-state index is 13.1. The minimum Gasteiger partial charge on any atom is -0.481 e. The molecule has 4 saturated carbocycles. The maximum Gasteiger partial charge on any atom is 0.303 e. The van der Waals surface area contributed by atoms with E-state index in [0.717, 1.165) is 44.9 Å². The summed E-state index contributed by atoms with van der Waals surface area (Å²) in [6.45, 7) is 6.65. The Morgan fingerprint density at radius 3 is 2.52 bits per heavy atom. The fourth-order valence-corrected chi connectivity index (χ4v) is 8.47. The summed E-state index contributed by atoms with van der Waals surface area (Å²) < 4.78 is 0. The van der Waals surface area contributed by atoms with Gasteiger partial charge in [0.15, 0.2) is 0 Å². The molecule has 0 aliphatic heterocycles. The summed E-state index contributed by atoms with van der Waals surface area (Å²) in [7, 11) is 0. The van der Waals surface area contributed by atoms with Gasteiger partial charge in [-0.3, -0.25) is 14.4 Å². The van der Waals surface area contributed by atoms with E-state index in [9.17, 15) is 19.5 Å². The molecule has 0 spiro atoms. The molecule has 5 nitrogen and oxygen atoms in total. The zero-order chi connectivity index (χ0) is 21.1. The maximum atomic E-state index is 13.1. The van der Waals surface area contributed by atoms with Crippen LogP contribution in [0.15, 0.2) is 0 Å². The van der Waals surface area contributed by atoms with Crippen molar-refractivity contribution in [3.63, 3.8) is 0 Å². The molecule has 4 aliphatic carbocycles. The highest BCUT2D eigenvalue weighted by atomic mass is 16.4. The van der Waals surface area contributed by atoms with Crippen LogP contribution in [0.25, 0.3) is 0 Å². The topological polar surface area (TPSA) is 91.7 Å². The molecule has 1 unspecified atom stereocenters. The number of carbonyl (C=O) groups excluding carboxylic acids is 2. The SMILES string of the molecule is C[C@H](CCC(=O)O)[C@H]1CC[C@H]2[C@@H]3CCC4C[C@H](O)C(=O)C(=O)[C@]4(C)[C@H]3CC[C@]12C. The van der Waals surface area contributed by atoms with Gasteiger partial charge in [0.05, 0.1) is 0 Å². The molecular formula is C24H36O5. The average molecular weight is 405 g/mol. The molecule has 4 aliphatic rings. The number of rotatable bonds is 4. The third kappa shape index (κ3) is 3.02. The Kier molecular flexibility index (Phi) is 5.20. The van der Waals surface area contributed by atoms with Gasteiger partial charge in [-0.15, -0.1) is 0 Å². The smallest absolute Gasteiger partial charge is 0.303 e. The number of aliphatic hydroxyl groups is 1. The number of carbonyl (C=O) groups is 3. The number of fused-ring (bicyclic) bond motifs is 5. The number of hydrogen-bond acceptors (Lipinski definition) is 4. The van der Waals surface area contributed by atoms with Gasteiger partial charge < -0.3 is 10.2 Å². The van der Waals surface area contributed by atoms with Gasteiger partial charge in [-0.05, 0) is 92.3 Å². The lowest BCUT2D eigenvalue weighted by Crippen LogP contribution is -2.60. The van der Waals surface area contributed by atoms with E-state index in [2.05, 4.69) is 13.8 Å². The predicted molar refractivity (Wildman–Crippen MR) is 108 cm³/mol. The van der Waals surface area contributed by atoms with Crippen LogP contribution in [0.2, 0.25) is 0 Å². The molecule has 4 fully saturated rings. The van der Waals surface area contributed by atoms with Crippen LogP contribution in [-0.2, 0) is 14.4 Å². The van der Waals surface area contributed by atoms with Crippen LogP contribution in [0.5, 0.6) is 0 Å². The molecule has 162 valence electrons. The van der Waals surface area contributed by atoms with E-state index >= 15 is 0 Å². The van der Waals surface area contributed by atoms with Gasteiger partial charge in [0.1, 0.15) is 6.10 Å². The quantitative estimate of drug-likeness (QED) is 0.694. The van der Waals surface area contributed by atoms with E-state index in [1.165, 1.54) is 0 Å². The van der Waals surface area contributed by atoms with Gasteiger partial charge in [-0.1, -0.05) is 20.8 Å². The van der Waals surface area contributed by atoms with Gasteiger partial charge in [-0.2, -0.15) is 0 Å². The summed E-state index contributed by atoms with van der Waals surface area (Å²) in [5.74, 6) is 0.755. The van der Waals surface area contributed by atoms with Crippen molar-refractivity contribution in [2.24, 2.45) is 46.3 Å². The van der Waals surface area contributed by atoms with Gasteiger partial charge in [0.2, 0.25) is 11.6 Å². The van der Waals surface area contributed by atoms with Crippen LogP contribution in [0, 0.1) is 46.3 Å². The molecule has 0 bridgehead atoms. The first kappa shape index (κ1) is 21.0. The molecule has 29 heavy (non-hydrogen) atoms. The minimum atomic E-state index is -1.10. The average Bonchev–Trinajstić information content (AvgIpc) is 3.03. The van der Waals surface area contributed by atoms with E-state index in [1.54, 1.807) is 0 Å². The van der Waals surface area contributed by atoms with Crippen LogP contribution < -0.4 is 0 Å². The lowest BCUT2D eigenvalue weighted by atomic mass is 9.44. The number of aliphatic carboxylic acids is 1. The molecule has 4 rings (SSSR count). The summed E-state index contributed by atoms with van der Waals surface area (Å²) in [5.41, 5.74) is -0.392. The number of aliphatic hydroxyl groups excluding tert-OH is 1. The van der Waals surface area contributed by atoms with Gasteiger partial charge in [-0.25, -0.2) is 0 Å². The molecule has 2 N–H and O–H groups in total. The van der Waals surface area contributed by atoms with E-state index in [1.807, 2.05) is 6.92 Å². The van der Waals surface area contributed by atoms with E-state index in [-0.39, 0.29) is 29.5 Å². The molecule has 0 saturated heterocycles. The van der Waals surface area contributed by atoms with Crippen LogP contribution >= 0.6 is 0 Å². The van der Waals surface area contributed by atoms with Crippen molar-refractivity contribution in [1.29, 1.82) is 0 Å². The van der Waals surface area contributed by atoms with Crippen LogP contribution in [0.4, 0.5) is 0 Å². The number of ketones is 2. The molecule has 9 atom stereocenters. The van der Waals surface area contributed by atoms with Crippen molar-refractivity contribution in [2.75, 3.05) is 0 Å². The van der Waals surface area contributed by atoms with Crippen LogP contribution in [0.1, 0.15) is 78.6 Å². The van der Waals surface area contributed by atoms with Gasteiger partial charge >= 0.3 is 5.97 Å². The zero-order valence-corrected chi connectivity index (χ0v) is 18.0. The fourth-order valence-electron chi connectivity index (χ4n) is 8.47. The highest BCUT2D eigenvalue weighted by Crippen LogP contribution is 2.67. The van der Waals surface area contributed by atoms with Crippen molar-refractivity contribution < 1.29 is 24.6 Å². The second-order valence-electron chi connectivity index (χ2n) is 11.0. The second-order valence-corrected chi connectivity index (χ2v) is 11.0. The van der Waals surface area contributed by atoms with Crippen molar-refractivity contribution >= 4 is 17.5 Å². The molecule has 0 amide bonds. The first-order valence-electron chi connectivity index (χ1n) is 11.6. The molecule has 5 heteroatoms. The van der Waals surface area contributed by atoms with Crippen molar-refractivity contribution in [3.05, 3.63) is 0 Å². The summed E-state index contributed by atoms with van der Waals surface area (Å²) >= 11 is 0. The Morgan fingerprint density at radius 1 is 1.10 bits per heavy atom. The Labute approximate surface area is 173 Å². The first-order chi connectivity index (χ1) is 13.6. The lowest BCUT2D eigenvalue weighted by Gasteiger charge is -2.59. The normalized spacial score (nSPS) is 47.9. The van der Waals surface area contributed by atoms with Gasteiger partial charge in [0.25, 0.3) is 0 Å². The minimum absolute atomic E-state index is 0.125. The van der Waals surface area contributed by atoms with E-state index in [0.29, 0.717) is 30.1 Å². The zero-order valence-electron chi connectivity index (χ0n) is 18.0. The van der Waals surface area contributed by atoms with E-state index < -0.39 is 23.3 Å². The Hall–Kier alpha value is -1.23. The summed E-state index contributed by atoms with van der Waals surface area (Å²) in [5, 5.41) is 19.1. The van der Waals surface area contributed by atoms with E-state index in [4.69, 9.17) is 5.11 Å². The highest BCUT2D eigenvalue weighted by Gasteiger charge is 2.64. The number of carboxylic acid groups (broad SMARTS) is 1. The molecule has 0 radical (unpaired) electrons. The van der Waals surface area contributed by atoms with Crippen molar-refractivity contribution in [2.45, 2.75) is 84.7 Å². The Morgan fingerprint density at radius 2 is 1.83 bits per heavy atom. The third-order valence-electron chi connectivity index (χ3n) is 10.0. The Bertz CT molecular complexity index is 716. The monoisotopic (exact) mass is 404 g/mol. The fraction of sp³-hybridized carbons (Fsp3) is 0.875. The largest absolute Gasteiger partial charge is 0.481 e. The molecule has 0 aromatic rings. The standard InChI is InChI=1S/C24H36O5/c1-13(4-9-20(26)27)16-7-8-17-15-6-5-14-12-19(25)21(28)22(29)24(14,3)18(15)10-11-23(16,17)2/h13-19,25H,4-12H2,1-3H3,(H,26,27)/t13-,14?,15+,16-,17+,18+,19+,23-,24+/m1/s1. The summed E-state index contributed by atoms with van der Waals surface area (Å²) in [6.07, 6.45) is 6.69. The third-order valence-corrected chi connectivity index (χ3v) is 10.0. The highest BCUT2D eigenvalue weighted by molar-refractivity contribution is 6.41. The number of carboxylic acids is 1. The lowest BCUT2D eigenvalue weighted by molar-refractivity contribution is -0.170. The van der Waals surface area contributed by atoms with Gasteiger partial charge in [0, 0.05) is 11.8 Å². The number of hydrogen-bond donors (Lipinski definition) is 2. The number of Topliss-reactive ketones (excluding diaryl/α,β-unsaturated/α-hetero) is 2. The van der Waals surface area contributed by atoms with Crippen LogP contribution in [-0.4, -0.2) is 33.9 Å². The second kappa shape index (κ2) is 7.18. The first-order valence-corrected chi connectivity index (χ1v) is 11.6. The molecule has 0 aromatic heterocycles. The molecular weight excluding hydrogens is 368 g/mol. The molecule has 0 aromatic carbocycles. The predicted octanol–water partition coefficient (Wildman–Crippen LogP) is 3.87. The summed E-state index contributed by atoms with van der Waals surface area (Å²) in [4.78, 5) is 36.5. The Balaban J connectivity index is 1.57. The molecule has 0 heterocycles. The van der Waals surface area contributed by atoms with Crippen LogP contribution in [0.3, 0.4) is 0 Å².